The Morgan fingerprint density at radius 2 is 1.73 bits per heavy atom. The van der Waals surface area contributed by atoms with Gasteiger partial charge in [-0.2, -0.15) is 0 Å². The standard InChI is InChI=1S/C18H15NO5S2/c1-11-6-2-5-9-16(11)26(23,24)19-13-10-15(25-17(13)18(21)22)12-7-3-4-8-14(12)20/h2-10,19-20H,1H3,(H,21,22). The molecule has 2 aromatic carbocycles. The molecule has 26 heavy (non-hydrogen) atoms. The number of rotatable bonds is 5. The number of carboxylic acids is 1. The molecular formula is C18H15NO5S2. The number of sulfonamides is 1. The molecule has 3 aromatic rings. The van der Waals surface area contributed by atoms with E-state index in [2.05, 4.69) is 4.72 Å². The van der Waals surface area contributed by atoms with Gasteiger partial charge in [-0.15, -0.1) is 11.3 Å². The van der Waals surface area contributed by atoms with Crippen LogP contribution in [0.4, 0.5) is 5.69 Å². The van der Waals surface area contributed by atoms with Gasteiger partial charge in [0.25, 0.3) is 10.0 Å². The van der Waals surface area contributed by atoms with E-state index in [1.54, 1.807) is 43.3 Å². The van der Waals surface area contributed by atoms with E-state index in [1.165, 1.54) is 18.2 Å². The van der Waals surface area contributed by atoms with Crippen LogP contribution >= 0.6 is 11.3 Å². The quantitative estimate of drug-likeness (QED) is 0.613. The molecular weight excluding hydrogens is 374 g/mol. The van der Waals surface area contributed by atoms with Crippen LogP contribution in [0, 0.1) is 6.92 Å². The van der Waals surface area contributed by atoms with Crippen LogP contribution in [0.25, 0.3) is 10.4 Å². The first-order valence-corrected chi connectivity index (χ1v) is 9.83. The average Bonchev–Trinajstić information content (AvgIpc) is 2.98. The normalized spacial score (nSPS) is 11.3. The van der Waals surface area contributed by atoms with Gasteiger partial charge >= 0.3 is 5.97 Å². The number of carboxylic acid groups (broad SMARTS) is 1. The van der Waals surface area contributed by atoms with E-state index in [0.29, 0.717) is 16.0 Å². The molecule has 134 valence electrons. The van der Waals surface area contributed by atoms with E-state index in [0.717, 1.165) is 11.3 Å². The number of aryl methyl sites for hydroxylation is 1. The van der Waals surface area contributed by atoms with Gasteiger partial charge in [-0.3, -0.25) is 4.72 Å². The third-order valence-electron chi connectivity index (χ3n) is 3.72. The number of aromatic hydroxyl groups is 1. The van der Waals surface area contributed by atoms with Gasteiger partial charge in [-0.25, -0.2) is 13.2 Å². The Balaban J connectivity index is 2.07. The molecule has 0 saturated carbocycles. The van der Waals surface area contributed by atoms with Gasteiger partial charge in [0, 0.05) is 10.4 Å². The number of anilines is 1. The second-order valence-electron chi connectivity index (χ2n) is 5.55. The topological polar surface area (TPSA) is 104 Å². The van der Waals surface area contributed by atoms with E-state index < -0.39 is 16.0 Å². The van der Waals surface area contributed by atoms with Crippen molar-refractivity contribution >= 4 is 33.0 Å². The van der Waals surface area contributed by atoms with Gasteiger partial charge in [0.1, 0.15) is 10.6 Å². The minimum Gasteiger partial charge on any atom is -0.507 e. The van der Waals surface area contributed by atoms with Crippen molar-refractivity contribution in [2.75, 3.05) is 4.72 Å². The van der Waals surface area contributed by atoms with Gasteiger partial charge in [-0.05, 0) is 36.8 Å². The molecule has 0 fully saturated rings. The Kier molecular flexibility index (Phi) is 4.71. The molecule has 0 amide bonds. The van der Waals surface area contributed by atoms with Crippen LogP contribution in [-0.4, -0.2) is 24.6 Å². The van der Waals surface area contributed by atoms with Crippen LogP contribution in [-0.2, 0) is 10.0 Å². The summed E-state index contributed by atoms with van der Waals surface area (Å²) in [5.41, 5.74) is 0.943. The Hall–Kier alpha value is -2.84. The summed E-state index contributed by atoms with van der Waals surface area (Å²) >= 11 is 0.888. The second-order valence-corrected chi connectivity index (χ2v) is 8.25. The summed E-state index contributed by atoms with van der Waals surface area (Å²) < 4.78 is 27.7. The maximum atomic E-state index is 12.7. The first-order valence-electron chi connectivity index (χ1n) is 7.53. The number of phenolic OH excluding ortho intramolecular Hbond substituents is 1. The zero-order valence-electron chi connectivity index (χ0n) is 13.6. The summed E-state index contributed by atoms with van der Waals surface area (Å²) in [5.74, 6) is -1.27. The Morgan fingerprint density at radius 1 is 1.08 bits per heavy atom. The summed E-state index contributed by atoms with van der Waals surface area (Å²) in [6.07, 6.45) is 0. The Bertz CT molecular complexity index is 1090. The van der Waals surface area contributed by atoms with Crippen LogP contribution in [0.2, 0.25) is 0 Å². The second kappa shape index (κ2) is 6.81. The van der Waals surface area contributed by atoms with Crippen LogP contribution in [0.1, 0.15) is 15.2 Å². The lowest BCUT2D eigenvalue weighted by Crippen LogP contribution is -2.15. The highest BCUT2D eigenvalue weighted by molar-refractivity contribution is 7.92. The van der Waals surface area contributed by atoms with Gasteiger partial charge in [-0.1, -0.05) is 30.3 Å². The third-order valence-corrected chi connectivity index (χ3v) is 6.41. The fourth-order valence-corrected chi connectivity index (χ4v) is 4.86. The number of hydrogen-bond acceptors (Lipinski definition) is 5. The predicted molar refractivity (Wildman–Crippen MR) is 100 cm³/mol. The summed E-state index contributed by atoms with van der Waals surface area (Å²) in [6.45, 7) is 1.66. The highest BCUT2D eigenvalue weighted by Crippen LogP contribution is 2.39. The van der Waals surface area contributed by atoms with E-state index in [9.17, 15) is 23.4 Å². The first-order chi connectivity index (χ1) is 12.3. The minimum atomic E-state index is -3.95. The summed E-state index contributed by atoms with van der Waals surface area (Å²) in [5, 5.41) is 19.4. The lowest BCUT2D eigenvalue weighted by molar-refractivity contribution is 0.0703. The molecule has 3 rings (SSSR count). The molecule has 8 heteroatoms. The highest BCUT2D eigenvalue weighted by Gasteiger charge is 2.23. The Morgan fingerprint density at radius 3 is 2.38 bits per heavy atom. The van der Waals surface area contributed by atoms with Gasteiger partial charge in [0.15, 0.2) is 0 Å². The number of phenols is 1. The van der Waals surface area contributed by atoms with Gasteiger partial charge in [0.05, 0.1) is 10.6 Å². The molecule has 1 heterocycles. The number of hydrogen-bond donors (Lipinski definition) is 3. The van der Waals surface area contributed by atoms with Gasteiger partial charge in [0.2, 0.25) is 0 Å². The van der Waals surface area contributed by atoms with E-state index in [1.807, 2.05) is 0 Å². The van der Waals surface area contributed by atoms with Crippen molar-refractivity contribution in [1.29, 1.82) is 0 Å². The molecule has 0 bridgehead atoms. The SMILES string of the molecule is Cc1ccccc1S(=O)(=O)Nc1cc(-c2ccccc2O)sc1C(=O)O. The first kappa shape index (κ1) is 18.0. The van der Waals surface area contributed by atoms with Crippen LogP contribution in [0.3, 0.4) is 0 Å². The Labute approximate surface area is 154 Å². The smallest absolute Gasteiger partial charge is 0.348 e. The van der Waals surface area contributed by atoms with Crippen molar-refractivity contribution in [3.8, 4) is 16.2 Å². The zero-order valence-corrected chi connectivity index (χ0v) is 15.3. The maximum absolute atomic E-state index is 12.7. The molecule has 0 radical (unpaired) electrons. The number of aromatic carboxylic acids is 1. The number of nitrogens with one attached hydrogen (secondary N) is 1. The number of para-hydroxylation sites is 1. The van der Waals surface area contributed by atoms with Gasteiger partial charge < -0.3 is 10.2 Å². The summed E-state index contributed by atoms with van der Waals surface area (Å²) in [4.78, 5) is 11.9. The number of carbonyl (C=O) groups is 1. The summed E-state index contributed by atoms with van der Waals surface area (Å²) in [6, 6.07) is 14.3. The van der Waals surface area contributed by atoms with Crippen molar-refractivity contribution in [3.05, 3.63) is 65.0 Å². The van der Waals surface area contributed by atoms with E-state index >= 15 is 0 Å². The largest absolute Gasteiger partial charge is 0.507 e. The lowest BCUT2D eigenvalue weighted by atomic mass is 10.1. The third kappa shape index (κ3) is 3.42. The zero-order chi connectivity index (χ0) is 18.9. The highest BCUT2D eigenvalue weighted by atomic mass is 32.2. The predicted octanol–water partition coefficient (Wildman–Crippen LogP) is 3.93. The molecule has 0 aliphatic heterocycles. The molecule has 1 aromatic heterocycles. The van der Waals surface area contributed by atoms with Crippen LogP contribution in [0.5, 0.6) is 5.75 Å². The maximum Gasteiger partial charge on any atom is 0.348 e. The lowest BCUT2D eigenvalue weighted by Gasteiger charge is -2.09. The van der Waals surface area contributed by atoms with Crippen molar-refractivity contribution in [3.63, 3.8) is 0 Å². The number of thiophene rings is 1. The fourth-order valence-electron chi connectivity index (χ4n) is 2.50. The molecule has 0 aliphatic rings. The molecule has 0 unspecified atom stereocenters. The monoisotopic (exact) mass is 389 g/mol. The number of benzene rings is 2. The molecule has 0 aliphatic carbocycles. The van der Waals surface area contributed by atoms with Crippen LogP contribution in [0.15, 0.2) is 59.5 Å². The minimum absolute atomic E-state index is 0.0148. The molecule has 3 N–H and O–H groups in total. The van der Waals surface area contributed by atoms with Crippen molar-refractivity contribution < 1.29 is 23.4 Å². The van der Waals surface area contributed by atoms with E-state index in [4.69, 9.17) is 0 Å². The van der Waals surface area contributed by atoms with Crippen molar-refractivity contribution in [1.82, 2.24) is 0 Å². The molecule has 0 saturated heterocycles. The van der Waals surface area contributed by atoms with Crippen LogP contribution < -0.4 is 4.72 Å². The van der Waals surface area contributed by atoms with Crippen molar-refractivity contribution in [2.45, 2.75) is 11.8 Å². The molecule has 0 atom stereocenters. The summed E-state index contributed by atoms with van der Waals surface area (Å²) in [7, 11) is -3.95. The molecule has 0 spiro atoms. The van der Waals surface area contributed by atoms with E-state index in [-0.39, 0.29) is 21.2 Å². The van der Waals surface area contributed by atoms with Crippen molar-refractivity contribution in [2.24, 2.45) is 0 Å². The molecule has 6 nitrogen and oxygen atoms in total. The average molecular weight is 389 g/mol. The fraction of sp³-hybridized carbons (Fsp3) is 0.0556.